The number of hydrogen-bond acceptors (Lipinski definition) is 6. The molecule has 0 aromatic carbocycles. The molecule has 2 N–H and O–H groups in total. The first-order valence-electron chi connectivity index (χ1n) is 7.68. The number of methoxy groups -OCH3 is 1. The Balaban J connectivity index is 1.72. The number of carbonyl (C=O) groups excluding carboxylic acids is 3. The van der Waals surface area contributed by atoms with Crippen molar-refractivity contribution in [3.05, 3.63) is 53.6 Å². The summed E-state index contributed by atoms with van der Waals surface area (Å²) in [5.74, 6) is -1.29. The molecule has 2 amide bonds. The standard InChI is InChI=1S/C17H16N4O4/c1-25-17(24)11-6-13(9-18-8-11)21-15(22)10-4-5-19-14(7-10)16(23)20-12-2-3-12/h4-9,12H,2-3H2,1H3,(H,20,23)(H,21,22). The van der Waals surface area contributed by atoms with Crippen LogP contribution < -0.4 is 10.6 Å². The number of ether oxygens (including phenoxy) is 1. The summed E-state index contributed by atoms with van der Waals surface area (Å²) >= 11 is 0. The van der Waals surface area contributed by atoms with Crippen LogP contribution in [-0.2, 0) is 4.74 Å². The highest BCUT2D eigenvalue weighted by atomic mass is 16.5. The number of aromatic nitrogens is 2. The molecule has 128 valence electrons. The minimum Gasteiger partial charge on any atom is -0.465 e. The van der Waals surface area contributed by atoms with Crippen LogP contribution in [0.1, 0.15) is 44.0 Å². The van der Waals surface area contributed by atoms with E-state index in [1.54, 1.807) is 0 Å². The summed E-state index contributed by atoms with van der Waals surface area (Å²) in [5, 5.41) is 5.45. The van der Waals surface area contributed by atoms with Crippen LogP contribution in [0.15, 0.2) is 36.8 Å². The molecule has 2 aromatic heterocycles. The summed E-state index contributed by atoms with van der Waals surface area (Å²) < 4.78 is 4.62. The molecule has 0 aliphatic heterocycles. The molecule has 0 radical (unpaired) electrons. The minimum atomic E-state index is -0.549. The Morgan fingerprint density at radius 2 is 1.92 bits per heavy atom. The molecule has 25 heavy (non-hydrogen) atoms. The quantitative estimate of drug-likeness (QED) is 0.796. The first-order valence-corrected chi connectivity index (χ1v) is 7.68. The van der Waals surface area contributed by atoms with Gasteiger partial charge in [0, 0.05) is 24.0 Å². The van der Waals surface area contributed by atoms with Gasteiger partial charge in [-0.3, -0.25) is 19.6 Å². The lowest BCUT2D eigenvalue weighted by molar-refractivity contribution is 0.0600. The topological polar surface area (TPSA) is 110 Å². The third kappa shape index (κ3) is 4.17. The number of anilines is 1. The number of rotatable bonds is 5. The molecule has 1 saturated carbocycles. The number of hydrogen-bond donors (Lipinski definition) is 2. The van der Waals surface area contributed by atoms with Crippen molar-refractivity contribution in [1.82, 2.24) is 15.3 Å². The fraction of sp³-hybridized carbons (Fsp3) is 0.235. The SMILES string of the molecule is COC(=O)c1cncc(NC(=O)c2ccnc(C(=O)NC3CC3)c2)c1. The summed E-state index contributed by atoms with van der Waals surface area (Å²) in [6, 6.07) is 4.59. The number of pyridine rings is 2. The number of nitrogens with zero attached hydrogens (tertiary/aromatic N) is 2. The van der Waals surface area contributed by atoms with E-state index in [4.69, 9.17) is 0 Å². The van der Waals surface area contributed by atoms with Gasteiger partial charge in [0.25, 0.3) is 11.8 Å². The minimum absolute atomic E-state index is 0.181. The number of amides is 2. The lowest BCUT2D eigenvalue weighted by atomic mass is 10.2. The Bertz CT molecular complexity index is 833. The number of nitrogens with one attached hydrogen (secondary N) is 2. The van der Waals surface area contributed by atoms with E-state index in [0.717, 1.165) is 12.8 Å². The van der Waals surface area contributed by atoms with Gasteiger partial charge in [0.05, 0.1) is 24.6 Å². The highest BCUT2D eigenvalue weighted by molar-refractivity contribution is 6.06. The van der Waals surface area contributed by atoms with E-state index in [1.165, 1.54) is 43.9 Å². The Hall–Kier alpha value is -3.29. The maximum atomic E-state index is 12.4. The molecule has 2 heterocycles. The van der Waals surface area contributed by atoms with E-state index in [0.29, 0.717) is 5.69 Å². The average Bonchev–Trinajstić information content (AvgIpc) is 3.45. The zero-order valence-electron chi connectivity index (χ0n) is 13.5. The molecule has 0 saturated heterocycles. The molecule has 2 aromatic rings. The van der Waals surface area contributed by atoms with Crippen molar-refractivity contribution < 1.29 is 19.1 Å². The Morgan fingerprint density at radius 3 is 2.64 bits per heavy atom. The van der Waals surface area contributed by atoms with Gasteiger partial charge in [0.15, 0.2) is 0 Å². The van der Waals surface area contributed by atoms with Gasteiger partial charge in [0.1, 0.15) is 5.69 Å². The van der Waals surface area contributed by atoms with Gasteiger partial charge in [0.2, 0.25) is 0 Å². The zero-order valence-corrected chi connectivity index (χ0v) is 13.5. The molecule has 8 heteroatoms. The molecule has 3 rings (SSSR count). The van der Waals surface area contributed by atoms with E-state index in [-0.39, 0.29) is 28.8 Å². The second-order valence-corrected chi connectivity index (χ2v) is 5.59. The van der Waals surface area contributed by atoms with E-state index in [2.05, 4.69) is 25.3 Å². The molecule has 1 aliphatic rings. The summed E-state index contributed by atoms with van der Waals surface area (Å²) in [4.78, 5) is 43.8. The van der Waals surface area contributed by atoms with Crippen molar-refractivity contribution in [1.29, 1.82) is 0 Å². The Labute approximate surface area is 143 Å². The summed E-state index contributed by atoms with van der Waals surface area (Å²) in [6.45, 7) is 0. The second kappa shape index (κ2) is 7.08. The molecule has 1 aliphatic carbocycles. The maximum absolute atomic E-state index is 12.4. The van der Waals surface area contributed by atoms with Gasteiger partial charge < -0.3 is 15.4 Å². The first-order chi connectivity index (χ1) is 12.1. The van der Waals surface area contributed by atoms with Crippen LogP contribution in [0.4, 0.5) is 5.69 Å². The second-order valence-electron chi connectivity index (χ2n) is 5.59. The van der Waals surface area contributed by atoms with Crippen molar-refractivity contribution in [3.63, 3.8) is 0 Å². The van der Waals surface area contributed by atoms with Crippen LogP contribution in [0.5, 0.6) is 0 Å². The lowest BCUT2D eigenvalue weighted by Gasteiger charge is -2.07. The third-order valence-corrected chi connectivity index (χ3v) is 3.58. The van der Waals surface area contributed by atoms with Crippen molar-refractivity contribution >= 4 is 23.5 Å². The lowest BCUT2D eigenvalue weighted by Crippen LogP contribution is -2.26. The predicted molar refractivity (Wildman–Crippen MR) is 88.3 cm³/mol. The van der Waals surface area contributed by atoms with Crippen molar-refractivity contribution in [2.45, 2.75) is 18.9 Å². The molecule has 1 fully saturated rings. The van der Waals surface area contributed by atoms with Crippen LogP contribution in [-0.4, -0.2) is 40.9 Å². The summed E-state index contributed by atoms with van der Waals surface area (Å²) in [7, 11) is 1.26. The van der Waals surface area contributed by atoms with Gasteiger partial charge in [-0.15, -0.1) is 0 Å². The normalized spacial score (nSPS) is 13.0. The van der Waals surface area contributed by atoms with Crippen LogP contribution in [0, 0.1) is 0 Å². The number of esters is 1. The summed E-state index contributed by atoms with van der Waals surface area (Å²) in [5.41, 5.74) is 1.02. The molecule has 0 bridgehead atoms. The third-order valence-electron chi connectivity index (χ3n) is 3.58. The van der Waals surface area contributed by atoms with Crippen molar-refractivity contribution in [2.75, 3.05) is 12.4 Å². The Morgan fingerprint density at radius 1 is 1.12 bits per heavy atom. The molecular formula is C17H16N4O4. The highest BCUT2D eigenvalue weighted by Crippen LogP contribution is 2.19. The van der Waals surface area contributed by atoms with Gasteiger partial charge in [-0.25, -0.2) is 4.79 Å². The van der Waals surface area contributed by atoms with E-state index in [9.17, 15) is 14.4 Å². The molecular weight excluding hydrogens is 324 g/mol. The smallest absolute Gasteiger partial charge is 0.339 e. The van der Waals surface area contributed by atoms with E-state index in [1.807, 2.05) is 0 Å². The van der Waals surface area contributed by atoms with Crippen LogP contribution in [0.2, 0.25) is 0 Å². The predicted octanol–water partition coefficient (Wildman–Crippen LogP) is 1.41. The van der Waals surface area contributed by atoms with E-state index < -0.39 is 11.9 Å². The highest BCUT2D eigenvalue weighted by Gasteiger charge is 2.24. The van der Waals surface area contributed by atoms with E-state index >= 15 is 0 Å². The van der Waals surface area contributed by atoms with Crippen LogP contribution in [0.25, 0.3) is 0 Å². The Kier molecular flexibility index (Phi) is 4.69. The maximum Gasteiger partial charge on any atom is 0.339 e. The van der Waals surface area contributed by atoms with Crippen molar-refractivity contribution in [2.24, 2.45) is 0 Å². The van der Waals surface area contributed by atoms with Gasteiger partial charge >= 0.3 is 5.97 Å². The van der Waals surface area contributed by atoms with Crippen molar-refractivity contribution in [3.8, 4) is 0 Å². The largest absolute Gasteiger partial charge is 0.465 e. The molecule has 0 atom stereocenters. The molecule has 8 nitrogen and oxygen atoms in total. The van der Waals surface area contributed by atoms with Gasteiger partial charge in [-0.1, -0.05) is 0 Å². The zero-order chi connectivity index (χ0) is 17.8. The van der Waals surface area contributed by atoms with Crippen LogP contribution >= 0.6 is 0 Å². The molecule has 0 unspecified atom stereocenters. The van der Waals surface area contributed by atoms with Gasteiger partial charge in [-0.2, -0.15) is 0 Å². The fourth-order valence-corrected chi connectivity index (χ4v) is 2.12. The fourth-order valence-electron chi connectivity index (χ4n) is 2.12. The number of carbonyl (C=O) groups is 3. The average molecular weight is 340 g/mol. The first kappa shape index (κ1) is 16.6. The molecule has 0 spiro atoms. The monoisotopic (exact) mass is 340 g/mol. The van der Waals surface area contributed by atoms with Crippen LogP contribution in [0.3, 0.4) is 0 Å². The summed E-state index contributed by atoms with van der Waals surface area (Å²) in [6.07, 6.45) is 6.09. The van der Waals surface area contributed by atoms with Gasteiger partial charge in [-0.05, 0) is 31.0 Å².